The van der Waals surface area contributed by atoms with E-state index in [2.05, 4.69) is 19.7 Å². The van der Waals surface area contributed by atoms with Crippen LogP contribution in [0.2, 0.25) is 0 Å². The number of carbonyl (C=O) groups is 3. The second kappa shape index (κ2) is 13.8. The Bertz CT molecular complexity index is 620. The predicted octanol–water partition coefficient (Wildman–Crippen LogP) is -2.10. The number of rotatable bonds is 14. The molecule has 0 saturated carbocycles. The van der Waals surface area contributed by atoms with E-state index in [9.17, 15) is 19.5 Å². The number of nitrogens with two attached hydrogens (primary N) is 2. The maximum atomic E-state index is 11.3. The van der Waals surface area contributed by atoms with Gasteiger partial charge in [-0.2, -0.15) is 0 Å². The van der Waals surface area contributed by atoms with Gasteiger partial charge in [-0.1, -0.05) is 19.7 Å². The molecule has 0 aromatic carbocycles. The number of aliphatic hydroxyl groups excluding tert-OH is 1. The van der Waals surface area contributed by atoms with E-state index >= 15 is 0 Å². The molecule has 12 nitrogen and oxygen atoms in total. The third-order valence-electron chi connectivity index (χ3n) is 4.42. The van der Waals surface area contributed by atoms with Crippen LogP contribution in [-0.2, 0) is 28.6 Å². The molecular formula is C19H31N5O7. The zero-order chi connectivity index (χ0) is 23.4. The summed E-state index contributed by atoms with van der Waals surface area (Å²) in [6, 6.07) is 0. The van der Waals surface area contributed by atoms with Crippen LogP contribution in [-0.4, -0.2) is 103 Å². The van der Waals surface area contributed by atoms with Crippen molar-refractivity contribution in [1.82, 2.24) is 14.7 Å². The summed E-state index contributed by atoms with van der Waals surface area (Å²) in [7, 11) is 0. The number of hydrogen-bond acceptors (Lipinski definition) is 12. The Kier molecular flexibility index (Phi) is 11.8. The zero-order valence-electron chi connectivity index (χ0n) is 17.4. The smallest absolute Gasteiger partial charge is 0.330 e. The van der Waals surface area contributed by atoms with Gasteiger partial charge in [-0.25, -0.2) is 24.3 Å². The number of esters is 2. The van der Waals surface area contributed by atoms with Crippen molar-refractivity contribution in [3.63, 3.8) is 0 Å². The highest BCUT2D eigenvalue weighted by Gasteiger charge is 2.42. The third kappa shape index (κ3) is 8.30. The largest absolute Gasteiger partial charge is 0.461 e. The first-order valence-corrected chi connectivity index (χ1v) is 9.52. The fourth-order valence-corrected chi connectivity index (χ4v) is 2.79. The van der Waals surface area contributed by atoms with E-state index < -0.39 is 30.9 Å². The molecule has 0 aliphatic carbocycles. The summed E-state index contributed by atoms with van der Waals surface area (Å²) in [6.07, 6.45) is -0.247. The van der Waals surface area contributed by atoms with E-state index in [-0.39, 0.29) is 46.1 Å². The standard InChI is InChI=1S/C19H31N5O7/c1-4-15(26)30-10-7-23-17(20)22(6-9-29-13-14(3)12-25)18(21)24(19(23)28)8-11-31-16(27)5-2/h4-5,12,17-19,28H,1-3,6-11,13,20-21H2. The van der Waals surface area contributed by atoms with Gasteiger partial charge in [0.2, 0.25) is 0 Å². The maximum Gasteiger partial charge on any atom is 0.330 e. The number of hydrogen-bond donors (Lipinski definition) is 3. The van der Waals surface area contributed by atoms with Crippen LogP contribution in [0, 0.1) is 0 Å². The van der Waals surface area contributed by atoms with Crippen LogP contribution in [0.3, 0.4) is 0 Å². The van der Waals surface area contributed by atoms with Crippen LogP contribution in [0.25, 0.3) is 0 Å². The lowest BCUT2D eigenvalue weighted by Crippen LogP contribution is -2.76. The Balaban J connectivity index is 2.83. The van der Waals surface area contributed by atoms with Gasteiger partial charge in [-0.15, -0.1) is 0 Å². The average Bonchev–Trinajstić information content (AvgIpc) is 2.76. The lowest BCUT2D eigenvalue weighted by atomic mass is 10.3. The Morgan fingerprint density at radius 3 is 1.77 bits per heavy atom. The van der Waals surface area contributed by atoms with Gasteiger partial charge in [0.25, 0.3) is 0 Å². The molecule has 1 saturated heterocycles. The molecule has 1 aliphatic heterocycles. The van der Waals surface area contributed by atoms with Crippen molar-refractivity contribution in [3.05, 3.63) is 37.5 Å². The number of aliphatic hydroxyl groups is 1. The van der Waals surface area contributed by atoms with E-state index in [1.54, 1.807) is 4.90 Å². The normalized spacial score (nSPS) is 22.5. The van der Waals surface area contributed by atoms with E-state index in [0.717, 1.165) is 12.2 Å². The van der Waals surface area contributed by atoms with Crippen molar-refractivity contribution in [3.8, 4) is 0 Å². The Hall–Kier alpha value is -2.45. The quantitative estimate of drug-likeness (QED) is 0.117. The van der Waals surface area contributed by atoms with Crippen molar-refractivity contribution in [2.75, 3.05) is 46.1 Å². The lowest BCUT2D eigenvalue weighted by molar-refractivity contribution is -0.249. The molecule has 1 rings (SSSR count). The third-order valence-corrected chi connectivity index (χ3v) is 4.42. The maximum absolute atomic E-state index is 11.3. The molecule has 12 heteroatoms. The molecule has 2 atom stereocenters. The van der Waals surface area contributed by atoms with Crippen LogP contribution < -0.4 is 11.5 Å². The van der Waals surface area contributed by atoms with Crippen LogP contribution in [0.4, 0.5) is 0 Å². The van der Waals surface area contributed by atoms with Crippen LogP contribution in [0.15, 0.2) is 37.5 Å². The molecule has 31 heavy (non-hydrogen) atoms. The number of carbonyl (C=O) groups excluding carboxylic acids is 3. The Morgan fingerprint density at radius 1 is 0.903 bits per heavy atom. The highest BCUT2D eigenvalue weighted by atomic mass is 16.5. The SMILES string of the molecule is C=CC(=O)OCCN1C(N)N(CCOCC(=C)C=O)C(N)N(CCOC(=O)C=C)C1O. The first-order chi connectivity index (χ1) is 14.8. The van der Waals surface area contributed by atoms with Crippen molar-refractivity contribution >= 4 is 18.2 Å². The minimum Gasteiger partial charge on any atom is -0.461 e. The van der Waals surface area contributed by atoms with E-state index in [1.807, 2.05) is 0 Å². The Morgan fingerprint density at radius 2 is 1.35 bits per heavy atom. The molecule has 0 spiro atoms. The van der Waals surface area contributed by atoms with Gasteiger partial charge in [0.1, 0.15) is 32.1 Å². The van der Waals surface area contributed by atoms with Gasteiger partial charge in [-0.05, 0) is 0 Å². The zero-order valence-corrected chi connectivity index (χ0v) is 17.4. The minimum absolute atomic E-state index is 0.0480. The van der Waals surface area contributed by atoms with Gasteiger partial charge in [-0.3, -0.25) is 4.79 Å². The summed E-state index contributed by atoms with van der Waals surface area (Å²) in [5.41, 5.74) is 12.8. The first kappa shape index (κ1) is 26.6. The predicted molar refractivity (Wildman–Crippen MR) is 110 cm³/mol. The monoisotopic (exact) mass is 441 g/mol. The van der Waals surface area contributed by atoms with Crippen LogP contribution in [0.1, 0.15) is 0 Å². The summed E-state index contributed by atoms with van der Waals surface area (Å²) in [5, 5.41) is 10.8. The Labute approximate surface area is 181 Å². The van der Waals surface area contributed by atoms with Crippen molar-refractivity contribution in [2.24, 2.45) is 11.5 Å². The fraction of sp³-hybridized carbons (Fsp3) is 0.526. The molecule has 0 bridgehead atoms. The second-order valence-corrected chi connectivity index (χ2v) is 6.46. The highest BCUT2D eigenvalue weighted by Crippen LogP contribution is 2.20. The highest BCUT2D eigenvalue weighted by molar-refractivity contribution is 5.81. The van der Waals surface area contributed by atoms with E-state index in [1.165, 1.54) is 9.80 Å². The van der Waals surface area contributed by atoms with Gasteiger partial charge in [0.15, 0.2) is 6.35 Å². The molecule has 5 N–H and O–H groups in total. The molecule has 2 unspecified atom stereocenters. The average molecular weight is 441 g/mol. The van der Waals surface area contributed by atoms with E-state index in [4.69, 9.17) is 25.7 Å². The second-order valence-electron chi connectivity index (χ2n) is 6.46. The van der Waals surface area contributed by atoms with Gasteiger partial charge < -0.3 is 30.8 Å². The molecular weight excluding hydrogens is 410 g/mol. The lowest BCUT2D eigenvalue weighted by Gasteiger charge is -2.53. The van der Waals surface area contributed by atoms with Crippen LogP contribution >= 0.6 is 0 Å². The molecule has 1 heterocycles. The summed E-state index contributed by atoms with van der Waals surface area (Å²) in [6.45, 7) is 10.8. The van der Waals surface area contributed by atoms with Crippen molar-refractivity contribution in [1.29, 1.82) is 0 Å². The first-order valence-electron chi connectivity index (χ1n) is 9.52. The molecule has 1 aliphatic rings. The van der Waals surface area contributed by atoms with Crippen molar-refractivity contribution in [2.45, 2.75) is 18.9 Å². The molecule has 0 aromatic heterocycles. The van der Waals surface area contributed by atoms with Crippen molar-refractivity contribution < 1.29 is 33.7 Å². The molecule has 0 amide bonds. The molecule has 0 radical (unpaired) electrons. The van der Waals surface area contributed by atoms with Crippen LogP contribution in [0.5, 0.6) is 0 Å². The minimum atomic E-state index is -1.23. The number of aldehydes is 1. The molecule has 174 valence electrons. The summed E-state index contributed by atoms with van der Waals surface area (Å²) in [5.74, 6) is -1.21. The summed E-state index contributed by atoms with van der Waals surface area (Å²) >= 11 is 0. The molecule has 0 aromatic rings. The van der Waals surface area contributed by atoms with Gasteiger partial charge in [0.05, 0.1) is 13.2 Å². The topological polar surface area (TPSA) is 161 Å². The summed E-state index contributed by atoms with van der Waals surface area (Å²) in [4.78, 5) is 37.7. The van der Waals surface area contributed by atoms with E-state index in [0.29, 0.717) is 11.9 Å². The molecule has 1 fully saturated rings. The summed E-state index contributed by atoms with van der Waals surface area (Å²) < 4.78 is 15.3. The van der Waals surface area contributed by atoms with Gasteiger partial charge in [0, 0.05) is 37.4 Å². The van der Waals surface area contributed by atoms with Gasteiger partial charge >= 0.3 is 11.9 Å². The fourth-order valence-electron chi connectivity index (χ4n) is 2.79. The number of ether oxygens (including phenoxy) is 3. The number of nitrogens with zero attached hydrogens (tertiary/aromatic N) is 3.